The molecule has 6 heteroatoms. The van der Waals surface area contributed by atoms with Gasteiger partial charge in [0.15, 0.2) is 6.33 Å². The largest absolute Gasteiger partial charge is 0.481 e. The zero-order valence-corrected chi connectivity index (χ0v) is 10.1. The van der Waals surface area contributed by atoms with Gasteiger partial charge in [-0.2, -0.15) is 4.80 Å². The normalized spacial score (nSPS) is 45.3. The second-order valence-corrected chi connectivity index (χ2v) is 6.50. The van der Waals surface area contributed by atoms with Crippen LogP contribution in [0.15, 0.2) is 6.33 Å². The highest BCUT2D eigenvalue weighted by Crippen LogP contribution is 2.63. The Bertz CT molecular complexity index is 484. The minimum Gasteiger partial charge on any atom is -0.481 e. The monoisotopic (exact) mass is 248 g/mol. The first-order valence-corrected chi connectivity index (χ1v) is 6.59. The predicted molar refractivity (Wildman–Crippen MR) is 60.5 cm³/mol. The van der Waals surface area contributed by atoms with Gasteiger partial charge in [-0.15, -0.1) is 10.2 Å². The van der Waals surface area contributed by atoms with Gasteiger partial charge in [0.05, 0.1) is 11.0 Å². The van der Waals surface area contributed by atoms with Crippen LogP contribution >= 0.6 is 0 Å². The fourth-order valence-electron chi connectivity index (χ4n) is 5.08. The van der Waals surface area contributed by atoms with Gasteiger partial charge < -0.3 is 5.11 Å². The zero-order chi connectivity index (χ0) is 12.4. The Morgan fingerprint density at radius 1 is 1.28 bits per heavy atom. The molecule has 4 saturated carbocycles. The number of carboxylic acids is 1. The summed E-state index contributed by atoms with van der Waals surface area (Å²) in [4.78, 5) is 13.4. The Kier molecular flexibility index (Phi) is 1.80. The van der Waals surface area contributed by atoms with Crippen molar-refractivity contribution in [3.8, 4) is 0 Å². The average Bonchev–Trinajstić information content (AvgIpc) is 2.80. The Balaban J connectivity index is 1.81. The fraction of sp³-hybridized carbons (Fsp3) is 0.833. The molecule has 4 aliphatic rings. The zero-order valence-electron chi connectivity index (χ0n) is 10.1. The van der Waals surface area contributed by atoms with E-state index in [9.17, 15) is 9.90 Å². The van der Waals surface area contributed by atoms with Crippen molar-refractivity contribution >= 4 is 5.97 Å². The van der Waals surface area contributed by atoms with E-state index >= 15 is 0 Å². The molecule has 0 amide bonds. The number of tetrazole rings is 1. The van der Waals surface area contributed by atoms with Crippen molar-refractivity contribution in [3.63, 3.8) is 0 Å². The number of aliphatic carboxylic acids is 1. The van der Waals surface area contributed by atoms with Crippen molar-refractivity contribution < 1.29 is 9.90 Å². The molecule has 0 unspecified atom stereocenters. The quantitative estimate of drug-likeness (QED) is 0.846. The van der Waals surface area contributed by atoms with Gasteiger partial charge in [0.2, 0.25) is 0 Å². The molecule has 4 bridgehead atoms. The summed E-state index contributed by atoms with van der Waals surface area (Å²) in [6.07, 6.45) is 7.05. The van der Waals surface area contributed by atoms with Crippen LogP contribution in [0.2, 0.25) is 0 Å². The molecule has 1 aromatic rings. The van der Waals surface area contributed by atoms with Crippen LogP contribution in [0.3, 0.4) is 0 Å². The van der Waals surface area contributed by atoms with Crippen LogP contribution < -0.4 is 0 Å². The second kappa shape index (κ2) is 3.10. The molecule has 18 heavy (non-hydrogen) atoms. The van der Waals surface area contributed by atoms with Gasteiger partial charge in [0.25, 0.3) is 0 Å². The van der Waals surface area contributed by atoms with E-state index in [-0.39, 0.29) is 5.54 Å². The van der Waals surface area contributed by atoms with Crippen LogP contribution in [0.5, 0.6) is 0 Å². The maximum atomic E-state index is 11.7. The highest BCUT2D eigenvalue weighted by Gasteiger charge is 2.62. The van der Waals surface area contributed by atoms with E-state index in [1.807, 2.05) is 0 Å². The van der Waals surface area contributed by atoms with Crippen LogP contribution in [-0.2, 0) is 10.3 Å². The first-order chi connectivity index (χ1) is 8.62. The van der Waals surface area contributed by atoms with Crippen LogP contribution in [-0.4, -0.2) is 31.3 Å². The third-order valence-electron chi connectivity index (χ3n) is 5.26. The predicted octanol–water partition coefficient (Wildman–Crippen LogP) is 1.05. The van der Waals surface area contributed by atoms with Crippen LogP contribution in [0.4, 0.5) is 0 Å². The molecule has 0 spiro atoms. The summed E-state index contributed by atoms with van der Waals surface area (Å²) in [5.74, 6) is 0.419. The SMILES string of the molecule is O=C(O)C12C[C@H]3C[C@H](C1)CC(n1ncnn1)(C3)C2. The van der Waals surface area contributed by atoms with Crippen molar-refractivity contribution in [1.82, 2.24) is 20.2 Å². The Hall–Kier alpha value is -1.46. The number of hydrogen-bond donors (Lipinski definition) is 1. The van der Waals surface area contributed by atoms with Crippen molar-refractivity contribution in [2.45, 2.75) is 44.1 Å². The smallest absolute Gasteiger partial charge is 0.309 e. The number of carboxylic acid groups (broad SMARTS) is 1. The number of hydrogen-bond acceptors (Lipinski definition) is 4. The summed E-state index contributed by atoms with van der Waals surface area (Å²) in [7, 11) is 0. The summed E-state index contributed by atoms with van der Waals surface area (Å²) >= 11 is 0. The maximum absolute atomic E-state index is 11.7. The van der Waals surface area contributed by atoms with Gasteiger partial charge in [-0.3, -0.25) is 4.79 Å². The summed E-state index contributed by atoms with van der Waals surface area (Å²) in [6, 6.07) is 0. The number of nitrogens with zero attached hydrogens (tertiary/aromatic N) is 4. The highest BCUT2D eigenvalue weighted by atomic mass is 16.4. The van der Waals surface area contributed by atoms with E-state index in [0.29, 0.717) is 18.3 Å². The molecule has 2 atom stereocenters. The number of carbonyl (C=O) groups is 1. The van der Waals surface area contributed by atoms with Gasteiger partial charge in [-0.1, -0.05) is 0 Å². The van der Waals surface area contributed by atoms with E-state index in [2.05, 4.69) is 15.4 Å². The highest BCUT2D eigenvalue weighted by molar-refractivity contribution is 5.75. The molecule has 0 radical (unpaired) electrons. The van der Waals surface area contributed by atoms with E-state index in [1.54, 1.807) is 4.80 Å². The van der Waals surface area contributed by atoms with Crippen molar-refractivity contribution in [1.29, 1.82) is 0 Å². The minimum atomic E-state index is -0.624. The van der Waals surface area contributed by atoms with Crippen molar-refractivity contribution in [3.05, 3.63) is 6.33 Å². The van der Waals surface area contributed by atoms with Crippen LogP contribution in [0, 0.1) is 17.3 Å². The molecule has 0 aromatic carbocycles. The number of aromatic nitrogens is 4. The van der Waals surface area contributed by atoms with E-state index in [1.165, 1.54) is 12.7 Å². The summed E-state index contributed by atoms with van der Waals surface area (Å²) in [5, 5.41) is 21.7. The fourth-order valence-corrected chi connectivity index (χ4v) is 5.08. The molecular weight excluding hydrogens is 232 g/mol. The maximum Gasteiger partial charge on any atom is 0.309 e. The lowest BCUT2D eigenvalue weighted by molar-refractivity contribution is -0.174. The summed E-state index contributed by atoms with van der Waals surface area (Å²) in [5.41, 5.74) is -0.712. The first-order valence-electron chi connectivity index (χ1n) is 6.59. The molecule has 1 aromatic heterocycles. The van der Waals surface area contributed by atoms with Gasteiger partial charge >= 0.3 is 5.97 Å². The van der Waals surface area contributed by atoms with E-state index in [4.69, 9.17) is 0 Å². The molecule has 0 aliphatic heterocycles. The van der Waals surface area contributed by atoms with Crippen LogP contribution in [0.1, 0.15) is 38.5 Å². The lowest BCUT2D eigenvalue weighted by atomic mass is 9.47. The lowest BCUT2D eigenvalue weighted by Gasteiger charge is -2.59. The average molecular weight is 248 g/mol. The lowest BCUT2D eigenvalue weighted by Crippen LogP contribution is -2.59. The minimum absolute atomic E-state index is 0.182. The summed E-state index contributed by atoms with van der Waals surface area (Å²) < 4.78 is 0. The third-order valence-corrected chi connectivity index (χ3v) is 5.26. The molecule has 1 N–H and O–H groups in total. The molecule has 96 valence electrons. The third kappa shape index (κ3) is 1.18. The molecule has 0 saturated heterocycles. The van der Waals surface area contributed by atoms with Crippen molar-refractivity contribution in [2.24, 2.45) is 17.3 Å². The molecule has 6 nitrogen and oxygen atoms in total. The van der Waals surface area contributed by atoms with Gasteiger partial charge in [0, 0.05) is 0 Å². The Labute approximate surface area is 104 Å². The van der Waals surface area contributed by atoms with E-state index < -0.39 is 11.4 Å². The second-order valence-electron chi connectivity index (χ2n) is 6.50. The molecule has 1 heterocycles. The first kappa shape index (κ1) is 10.5. The summed E-state index contributed by atoms with van der Waals surface area (Å²) in [6.45, 7) is 0. The van der Waals surface area contributed by atoms with E-state index in [0.717, 1.165) is 25.7 Å². The molecular formula is C12H16N4O2. The topological polar surface area (TPSA) is 80.9 Å². The molecule has 5 rings (SSSR count). The molecule has 4 aliphatic carbocycles. The Morgan fingerprint density at radius 2 is 2.00 bits per heavy atom. The van der Waals surface area contributed by atoms with Gasteiger partial charge in [-0.25, -0.2) is 0 Å². The van der Waals surface area contributed by atoms with Crippen LogP contribution in [0.25, 0.3) is 0 Å². The standard InChI is InChI=1S/C12H16N4O2/c17-10(18)11-2-8-1-9(3-11)5-12(4-8,6-11)16-14-7-13-15-16/h7-9H,1-6H2,(H,17,18)/t8-,9-,11?,12?/m1/s1. The van der Waals surface area contributed by atoms with Gasteiger partial charge in [0.1, 0.15) is 0 Å². The van der Waals surface area contributed by atoms with Gasteiger partial charge in [-0.05, 0) is 55.6 Å². The number of rotatable bonds is 2. The Morgan fingerprint density at radius 3 is 2.56 bits per heavy atom. The molecule has 4 fully saturated rings. The van der Waals surface area contributed by atoms with Crippen molar-refractivity contribution in [2.75, 3.05) is 0 Å².